The normalized spacial score (nSPS) is 13.5. The van der Waals surface area contributed by atoms with Crippen LogP contribution in [0.15, 0.2) is 61.2 Å². The molecule has 0 fully saturated rings. The summed E-state index contributed by atoms with van der Waals surface area (Å²) >= 11 is 7.52. The zero-order valence-corrected chi connectivity index (χ0v) is 21.9. The molecule has 0 bridgehead atoms. The lowest BCUT2D eigenvalue weighted by Crippen LogP contribution is -2.34. The molecule has 190 valence electrons. The van der Waals surface area contributed by atoms with Crippen molar-refractivity contribution in [2.75, 3.05) is 25.0 Å². The van der Waals surface area contributed by atoms with Crippen molar-refractivity contribution >= 4 is 50.6 Å². The van der Waals surface area contributed by atoms with E-state index in [2.05, 4.69) is 38.2 Å². The fourth-order valence-electron chi connectivity index (χ4n) is 4.38. The summed E-state index contributed by atoms with van der Waals surface area (Å²) in [4.78, 5) is 32.1. The Kier molecular flexibility index (Phi) is 7.73. The number of rotatable bonds is 8. The van der Waals surface area contributed by atoms with Crippen LogP contribution in [-0.4, -0.2) is 50.3 Å². The summed E-state index contributed by atoms with van der Waals surface area (Å²) in [6.45, 7) is 5.62. The van der Waals surface area contributed by atoms with Crippen molar-refractivity contribution in [1.82, 2.24) is 24.8 Å². The Bertz CT molecular complexity index is 1440. The van der Waals surface area contributed by atoms with Gasteiger partial charge in [-0.3, -0.25) is 14.7 Å². The van der Waals surface area contributed by atoms with Gasteiger partial charge in [-0.1, -0.05) is 30.7 Å². The topological polar surface area (TPSA) is 74.2 Å². The number of carbonyl (C=O) groups excluding carboxylic acids is 1. The molecule has 1 amide bonds. The largest absolute Gasteiger partial charge is 0.340 e. The molecule has 4 aromatic rings. The lowest BCUT2D eigenvalue weighted by atomic mass is 10.0. The minimum Gasteiger partial charge on any atom is -0.340 e. The van der Waals surface area contributed by atoms with Crippen LogP contribution in [0.1, 0.15) is 22.9 Å². The van der Waals surface area contributed by atoms with E-state index in [-0.39, 0.29) is 10.9 Å². The lowest BCUT2D eigenvalue weighted by Gasteiger charge is -2.26. The van der Waals surface area contributed by atoms with E-state index in [1.54, 1.807) is 29.7 Å². The van der Waals surface area contributed by atoms with Crippen LogP contribution in [0.25, 0.3) is 10.2 Å². The molecule has 0 spiro atoms. The van der Waals surface area contributed by atoms with Crippen LogP contribution < -0.4 is 5.32 Å². The zero-order valence-electron chi connectivity index (χ0n) is 20.3. The third-order valence-corrected chi connectivity index (χ3v) is 7.75. The summed E-state index contributed by atoms with van der Waals surface area (Å²) in [7, 11) is 0. The standard InChI is InChI=1S/C27H26ClFN6OS/c1-2-34(15-18-5-3-10-30-14-18)11-4-6-24(36)35-12-9-20-23(16-35)37-27-25(20)26(31-17-32-27)33-19-7-8-22(29)21(28)13-19/h3-8,10,13-14,17H,2,9,11-12,15-16H2,1H3,(H,31,32,33). The molecule has 5 rings (SSSR count). The van der Waals surface area contributed by atoms with E-state index in [0.29, 0.717) is 37.6 Å². The van der Waals surface area contributed by atoms with Gasteiger partial charge in [0.25, 0.3) is 0 Å². The predicted octanol–water partition coefficient (Wildman–Crippen LogP) is 5.59. The number of amides is 1. The summed E-state index contributed by atoms with van der Waals surface area (Å²) in [5.41, 5.74) is 2.95. The van der Waals surface area contributed by atoms with Gasteiger partial charge in [-0.2, -0.15) is 0 Å². The van der Waals surface area contributed by atoms with Gasteiger partial charge < -0.3 is 10.2 Å². The van der Waals surface area contributed by atoms with E-state index in [4.69, 9.17) is 11.6 Å². The van der Waals surface area contributed by atoms with Crippen LogP contribution in [-0.2, 0) is 24.3 Å². The van der Waals surface area contributed by atoms with Gasteiger partial charge in [-0.15, -0.1) is 11.3 Å². The summed E-state index contributed by atoms with van der Waals surface area (Å²) < 4.78 is 13.6. The number of anilines is 2. The summed E-state index contributed by atoms with van der Waals surface area (Å²) in [6, 6.07) is 8.47. The molecule has 1 N–H and O–H groups in total. The number of benzene rings is 1. The summed E-state index contributed by atoms with van der Waals surface area (Å²) in [6.07, 6.45) is 9.47. The van der Waals surface area contributed by atoms with Gasteiger partial charge in [-0.05, 0) is 48.4 Å². The van der Waals surface area contributed by atoms with Crippen molar-refractivity contribution < 1.29 is 9.18 Å². The number of fused-ring (bicyclic) bond motifs is 3. The molecule has 37 heavy (non-hydrogen) atoms. The molecule has 0 saturated heterocycles. The molecular weight excluding hydrogens is 511 g/mol. The highest BCUT2D eigenvalue weighted by atomic mass is 35.5. The number of carbonyl (C=O) groups is 1. The molecule has 7 nitrogen and oxygen atoms in total. The second kappa shape index (κ2) is 11.3. The van der Waals surface area contributed by atoms with Gasteiger partial charge in [0.15, 0.2) is 0 Å². The van der Waals surface area contributed by atoms with Crippen molar-refractivity contribution in [3.8, 4) is 0 Å². The van der Waals surface area contributed by atoms with E-state index in [1.165, 1.54) is 18.5 Å². The van der Waals surface area contributed by atoms with Crippen LogP contribution in [0.4, 0.5) is 15.9 Å². The number of aromatic nitrogens is 3. The Labute approximate surface area is 223 Å². The number of likely N-dealkylation sites (N-methyl/N-ethyl adjacent to an activating group) is 1. The molecule has 0 radical (unpaired) electrons. The molecule has 10 heteroatoms. The maximum Gasteiger partial charge on any atom is 0.246 e. The van der Waals surface area contributed by atoms with Gasteiger partial charge in [-0.25, -0.2) is 14.4 Å². The molecule has 3 aromatic heterocycles. The lowest BCUT2D eigenvalue weighted by molar-refractivity contribution is -0.126. The molecule has 1 aliphatic rings. The molecule has 1 aliphatic heterocycles. The van der Waals surface area contributed by atoms with Gasteiger partial charge in [0, 0.05) is 48.7 Å². The molecule has 1 aromatic carbocycles. The Morgan fingerprint density at radius 3 is 3.00 bits per heavy atom. The second-order valence-corrected chi connectivity index (χ2v) is 10.3. The van der Waals surface area contributed by atoms with E-state index in [0.717, 1.165) is 39.3 Å². The van der Waals surface area contributed by atoms with Gasteiger partial charge in [0.05, 0.1) is 17.0 Å². The number of thiophene rings is 1. The van der Waals surface area contributed by atoms with E-state index in [1.807, 2.05) is 23.2 Å². The van der Waals surface area contributed by atoms with Crippen molar-refractivity contribution in [1.29, 1.82) is 0 Å². The highest BCUT2D eigenvalue weighted by Crippen LogP contribution is 2.38. The van der Waals surface area contributed by atoms with E-state index >= 15 is 0 Å². The maximum atomic E-state index is 13.6. The number of pyridine rings is 1. The first-order valence-corrected chi connectivity index (χ1v) is 13.2. The molecule has 0 aliphatic carbocycles. The van der Waals surface area contributed by atoms with Crippen molar-refractivity contribution in [2.45, 2.75) is 26.4 Å². The fraction of sp³-hybridized carbons (Fsp3) is 0.259. The van der Waals surface area contributed by atoms with Crippen molar-refractivity contribution in [2.24, 2.45) is 0 Å². The zero-order chi connectivity index (χ0) is 25.8. The van der Waals surface area contributed by atoms with Crippen molar-refractivity contribution in [3.63, 3.8) is 0 Å². The highest BCUT2D eigenvalue weighted by Gasteiger charge is 2.25. The van der Waals surface area contributed by atoms with Crippen LogP contribution in [0.2, 0.25) is 5.02 Å². The summed E-state index contributed by atoms with van der Waals surface area (Å²) in [5, 5.41) is 4.24. The molecular formula is C27H26ClFN6OS. The van der Waals surface area contributed by atoms with Crippen LogP contribution in [0.3, 0.4) is 0 Å². The first-order valence-electron chi connectivity index (χ1n) is 12.1. The highest BCUT2D eigenvalue weighted by molar-refractivity contribution is 7.19. The van der Waals surface area contributed by atoms with Crippen LogP contribution >= 0.6 is 22.9 Å². The Hall–Kier alpha value is -3.40. The monoisotopic (exact) mass is 536 g/mol. The van der Waals surface area contributed by atoms with Crippen LogP contribution in [0.5, 0.6) is 0 Å². The predicted molar refractivity (Wildman–Crippen MR) is 146 cm³/mol. The van der Waals surface area contributed by atoms with Gasteiger partial charge in [0.1, 0.15) is 22.8 Å². The SMILES string of the molecule is CCN(CC=CC(=O)N1CCc2c(sc3ncnc(Nc4ccc(F)c(Cl)c4)c23)C1)Cc1cccnc1. The smallest absolute Gasteiger partial charge is 0.246 e. The van der Waals surface area contributed by atoms with E-state index < -0.39 is 5.82 Å². The third-order valence-electron chi connectivity index (χ3n) is 6.33. The average molecular weight is 537 g/mol. The first-order chi connectivity index (χ1) is 18.0. The Balaban J connectivity index is 1.26. The molecule has 0 unspecified atom stereocenters. The van der Waals surface area contributed by atoms with Gasteiger partial charge in [0.2, 0.25) is 5.91 Å². The number of nitrogens with zero attached hydrogens (tertiary/aromatic N) is 5. The fourth-order valence-corrected chi connectivity index (χ4v) is 5.77. The third kappa shape index (κ3) is 5.79. The number of hydrogen-bond donors (Lipinski definition) is 1. The Morgan fingerprint density at radius 2 is 2.22 bits per heavy atom. The molecule has 0 saturated carbocycles. The second-order valence-electron chi connectivity index (χ2n) is 8.76. The van der Waals surface area contributed by atoms with Gasteiger partial charge >= 0.3 is 0 Å². The minimum atomic E-state index is -0.470. The number of nitrogens with one attached hydrogen (secondary N) is 1. The van der Waals surface area contributed by atoms with Crippen LogP contribution in [0, 0.1) is 5.82 Å². The van der Waals surface area contributed by atoms with E-state index in [9.17, 15) is 9.18 Å². The molecule has 4 heterocycles. The first kappa shape index (κ1) is 25.3. The number of hydrogen-bond acceptors (Lipinski definition) is 7. The Morgan fingerprint density at radius 1 is 1.32 bits per heavy atom. The average Bonchev–Trinajstić information content (AvgIpc) is 3.29. The summed E-state index contributed by atoms with van der Waals surface area (Å²) in [5.74, 6) is 0.187. The van der Waals surface area contributed by atoms with Crippen molar-refractivity contribution in [3.05, 3.63) is 88.0 Å². The molecule has 0 atom stereocenters. The quantitative estimate of drug-likeness (QED) is 0.296. The maximum absolute atomic E-state index is 13.6. The number of halogens is 2. The minimum absolute atomic E-state index is 0.00548.